The van der Waals surface area contributed by atoms with E-state index in [4.69, 9.17) is 42.1 Å². The van der Waals surface area contributed by atoms with Crippen LogP contribution in [0.5, 0.6) is 23.0 Å². The molecule has 0 bridgehead atoms. The van der Waals surface area contributed by atoms with Crippen molar-refractivity contribution in [2.24, 2.45) is 0 Å². The fraction of sp³-hybridized carbons (Fsp3) is 0.429. The first-order chi connectivity index (χ1) is 22.2. The van der Waals surface area contributed by atoms with Gasteiger partial charge in [-0.05, 0) is 86.3 Å². The number of ether oxygens (including phenoxy) is 4. The normalized spacial score (nSPS) is 19.0. The van der Waals surface area contributed by atoms with Crippen molar-refractivity contribution < 1.29 is 28.5 Å². The first kappa shape index (κ1) is 33.7. The van der Waals surface area contributed by atoms with Gasteiger partial charge in [-0.15, -0.1) is 0 Å². The van der Waals surface area contributed by atoms with Crippen molar-refractivity contribution in [2.75, 3.05) is 61.2 Å². The van der Waals surface area contributed by atoms with Crippen molar-refractivity contribution in [3.63, 3.8) is 0 Å². The molecule has 2 amide bonds. The third-order valence-electron chi connectivity index (χ3n) is 9.51. The zero-order valence-electron chi connectivity index (χ0n) is 26.7. The van der Waals surface area contributed by atoms with Crippen LogP contribution < -0.4 is 29.6 Å². The molecule has 11 heteroatoms. The standard InChI is InChI=1S/C35H41Cl2N3O6/c1-43-26-8-5-24(6-9-26)35(12-15-38-16-13-35)33(42)39-17-11-34(25-7-10-27(36)28(37)21-25)14-18-40(22-34)32(41)23-19-29(44-2)31(46-4)30(20-23)45-3/h5-10,19-21,38H,11-18,22H2,1-4H3,(H,39,42). The van der Waals surface area contributed by atoms with Gasteiger partial charge in [0.1, 0.15) is 5.75 Å². The monoisotopic (exact) mass is 669 g/mol. The van der Waals surface area contributed by atoms with E-state index in [1.807, 2.05) is 41.3 Å². The van der Waals surface area contributed by atoms with Crippen molar-refractivity contribution in [1.82, 2.24) is 15.5 Å². The van der Waals surface area contributed by atoms with Gasteiger partial charge in [-0.25, -0.2) is 0 Å². The van der Waals surface area contributed by atoms with E-state index in [1.165, 1.54) is 21.3 Å². The second-order valence-electron chi connectivity index (χ2n) is 11.9. The number of halogens is 2. The molecule has 2 heterocycles. The summed E-state index contributed by atoms with van der Waals surface area (Å²) in [6.07, 6.45) is 2.68. The van der Waals surface area contributed by atoms with E-state index < -0.39 is 10.8 Å². The summed E-state index contributed by atoms with van der Waals surface area (Å²) >= 11 is 12.8. The molecule has 2 aliphatic rings. The molecule has 2 aliphatic heterocycles. The van der Waals surface area contributed by atoms with Crippen molar-refractivity contribution in [3.8, 4) is 23.0 Å². The molecule has 0 aliphatic carbocycles. The van der Waals surface area contributed by atoms with E-state index in [9.17, 15) is 9.59 Å². The number of nitrogens with zero attached hydrogens (tertiary/aromatic N) is 1. The molecule has 246 valence electrons. The molecule has 2 fully saturated rings. The SMILES string of the molecule is COc1ccc(C2(C(=O)NCCC3(c4ccc(Cl)c(Cl)c4)CCN(C(=O)c4cc(OC)c(OC)c(OC)c4)C3)CCNCC2)cc1. The average Bonchev–Trinajstić information content (AvgIpc) is 3.54. The van der Waals surface area contributed by atoms with Gasteiger partial charge in [0, 0.05) is 30.6 Å². The summed E-state index contributed by atoms with van der Waals surface area (Å²) in [6.45, 7) is 2.89. The van der Waals surface area contributed by atoms with Gasteiger partial charge in [0.25, 0.3) is 5.91 Å². The lowest BCUT2D eigenvalue weighted by Crippen LogP contribution is -2.51. The predicted octanol–water partition coefficient (Wildman–Crippen LogP) is 5.64. The quantitative estimate of drug-likeness (QED) is 0.273. The Morgan fingerprint density at radius 1 is 0.826 bits per heavy atom. The molecule has 46 heavy (non-hydrogen) atoms. The van der Waals surface area contributed by atoms with Crippen LogP contribution in [0.2, 0.25) is 10.0 Å². The molecule has 0 aromatic heterocycles. The second-order valence-corrected chi connectivity index (χ2v) is 12.7. The van der Waals surface area contributed by atoms with Gasteiger partial charge in [0.15, 0.2) is 11.5 Å². The highest BCUT2D eigenvalue weighted by Crippen LogP contribution is 2.43. The Kier molecular flexibility index (Phi) is 10.6. The molecule has 0 spiro atoms. The third-order valence-corrected chi connectivity index (χ3v) is 10.2. The van der Waals surface area contributed by atoms with Gasteiger partial charge in [-0.2, -0.15) is 0 Å². The number of hydrogen-bond donors (Lipinski definition) is 2. The Hall–Kier alpha value is -3.66. The summed E-state index contributed by atoms with van der Waals surface area (Å²) in [4.78, 5) is 29.7. The zero-order chi connectivity index (χ0) is 32.9. The second kappa shape index (κ2) is 14.4. The summed E-state index contributed by atoms with van der Waals surface area (Å²) in [5.74, 6) is 1.84. The highest BCUT2D eigenvalue weighted by atomic mass is 35.5. The number of carbonyl (C=O) groups excluding carboxylic acids is 2. The molecule has 3 aromatic rings. The van der Waals surface area contributed by atoms with Gasteiger partial charge >= 0.3 is 0 Å². The smallest absolute Gasteiger partial charge is 0.254 e. The number of rotatable bonds is 11. The predicted molar refractivity (Wildman–Crippen MR) is 179 cm³/mol. The number of carbonyl (C=O) groups is 2. The van der Waals surface area contributed by atoms with Gasteiger partial charge < -0.3 is 34.5 Å². The van der Waals surface area contributed by atoms with Gasteiger partial charge in [-0.1, -0.05) is 41.4 Å². The third kappa shape index (κ3) is 6.59. The van der Waals surface area contributed by atoms with Gasteiger partial charge in [0.05, 0.1) is 43.9 Å². The van der Waals surface area contributed by atoms with Crippen molar-refractivity contribution in [2.45, 2.75) is 36.5 Å². The average molecular weight is 671 g/mol. The van der Waals surface area contributed by atoms with Crippen LogP contribution in [0.15, 0.2) is 54.6 Å². The van der Waals surface area contributed by atoms with E-state index in [-0.39, 0.29) is 11.8 Å². The van der Waals surface area contributed by atoms with E-state index in [2.05, 4.69) is 10.6 Å². The first-order valence-corrected chi connectivity index (χ1v) is 16.1. The first-order valence-electron chi connectivity index (χ1n) is 15.4. The molecular weight excluding hydrogens is 629 g/mol. The minimum absolute atomic E-state index is 0.00630. The fourth-order valence-corrected chi connectivity index (χ4v) is 7.14. The lowest BCUT2D eigenvalue weighted by atomic mass is 9.72. The Morgan fingerprint density at radius 2 is 1.48 bits per heavy atom. The van der Waals surface area contributed by atoms with Crippen LogP contribution in [0.3, 0.4) is 0 Å². The van der Waals surface area contributed by atoms with E-state index >= 15 is 0 Å². The van der Waals surface area contributed by atoms with E-state index in [0.717, 1.165) is 30.0 Å². The fourth-order valence-electron chi connectivity index (χ4n) is 6.84. The van der Waals surface area contributed by atoms with E-state index in [0.29, 0.717) is 78.2 Å². The Labute approximate surface area is 280 Å². The number of amides is 2. The molecule has 2 N–H and O–H groups in total. The Balaban J connectivity index is 1.39. The highest BCUT2D eigenvalue weighted by molar-refractivity contribution is 6.42. The van der Waals surface area contributed by atoms with Gasteiger partial charge in [0.2, 0.25) is 11.7 Å². The molecule has 9 nitrogen and oxygen atoms in total. The number of nitrogens with one attached hydrogen (secondary N) is 2. The summed E-state index contributed by atoms with van der Waals surface area (Å²) in [6, 6.07) is 16.8. The van der Waals surface area contributed by atoms with Crippen LogP contribution in [0.4, 0.5) is 0 Å². The zero-order valence-corrected chi connectivity index (χ0v) is 28.2. The van der Waals surface area contributed by atoms with Crippen LogP contribution in [0.25, 0.3) is 0 Å². The molecule has 3 aromatic carbocycles. The minimum atomic E-state index is -0.640. The van der Waals surface area contributed by atoms with Crippen LogP contribution in [0, 0.1) is 0 Å². The number of piperidine rings is 1. The summed E-state index contributed by atoms with van der Waals surface area (Å²) in [5.41, 5.74) is 1.29. The molecular formula is C35H41Cl2N3O6. The highest BCUT2D eigenvalue weighted by Gasteiger charge is 2.44. The topological polar surface area (TPSA) is 98.4 Å². The Bertz CT molecular complexity index is 1540. The van der Waals surface area contributed by atoms with Crippen molar-refractivity contribution >= 4 is 35.0 Å². The molecule has 0 saturated carbocycles. The number of methoxy groups -OCH3 is 4. The van der Waals surface area contributed by atoms with Crippen LogP contribution >= 0.6 is 23.2 Å². The number of benzene rings is 3. The van der Waals surface area contributed by atoms with Gasteiger partial charge in [-0.3, -0.25) is 9.59 Å². The molecule has 0 radical (unpaired) electrons. The van der Waals surface area contributed by atoms with Crippen LogP contribution in [0.1, 0.15) is 47.2 Å². The van der Waals surface area contributed by atoms with Crippen molar-refractivity contribution in [1.29, 1.82) is 0 Å². The lowest BCUT2D eigenvalue weighted by molar-refractivity contribution is -0.127. The summed E-state index contributed by atoms with van der Waals surface area (Å²) in [7, 11) is 6.20. The maximum atomic E-state index is 14.0. The number of hydrogen-bond acceptors (Lipinski definition) is 7. The molecule has 1 atom stereocenters. The van der Waals surface area contributed by atoms with Crippen LogP contribution in [-0.4, -0.2) is 77.9 Å². The summed E-state index contributed by atoms with van der Waals surface area (Å²) in [5, 5.41) is 7.58. The maximum Gasteiger partial charge on any atom is 0.254 e. The van der Waals surface area contributed by atoms with Crippen LogP contribution in [-0.2, 0) is 15.6 Å². The summed E-state index contributed by atoms with van der Waals surface area (Å²) < 4.78 is 21.8. The lowest BCUT2D eigenvalue weighted by Gasteiger charge is -2.37. The molecule has 1 unspecified atom stereocenters. The molecule has 5 rings (SSSR count). The number of likely N-dealkylation sites (tertiary alicyclic amines) is 1. The molecule has 2 saturated heterocycles. The van der Waals surface area contributed by atoms with E-state index in [1.54, 1.807) is 25.3 Å². The minimum Gasteiger partial charge on any atom is -0.497 e. The largest absolute Gasteiger partial charge is 0.497 e. The Morgan fingerprint density at radius 3 is 2.07 bits per heavy atom. The van der Waals surface area contributed by atoms with Crippen molar-refractivity contribution in [3.05, 3.63) is 81.3 Å². The maximum absolute atomic E-state index is 14.0.